The number of ether oxygens (including phenoxy) is 2. The molecule has 1 aliphatic carbocycles. The Labute approximate surface area is 153 Å². The molecule has 2 aromatic heterocycles. The Morgan fingerprint density at radius 2 is 2.32 bits per heavy atom. The predicted octanol–water partition coefficient (Wildman–Crippen LogP) is 2.39. The molecule has 1 fully saturated rings. The fraction of sp³-hybridized carbons (Fsp3) is 0.588. The second-order valence-corrected chi connectivity index (χ2v) is 8.37. The molecule has 2 aromatic rings. The van der Waals surface area contributed by atoms with Gasteiger partial charge in [0, 0.05) is 11.5 Å². The van der Waals surface area contributed by atoms with Gasteiger partial charge in [0.25, 0.3) is 5.56 Å². The minimum atomic E-state index is -0.323. The number of carbonyl (C=O) groups excluding carboxylic acids is 1. The van der Waals surface area contributed by atoms with Crippen LogP contribution in [0.4, 0.5) is 0 Å². The number of rotatable bonds is 5. The molecule has 134 valence electrons. The number of aryl methyl sites for hydroxylation is 2. The van der Waals surface area contributed by atoms with Crippen LogP contribution in [-0.4, -0.2) is 41.1 Å². The van der Waals surface area contributed by atoms with E-state index in [4.69, 9.17) is 14.5 Å². The van der Waals surface area contributed by atoms with Gasteiger partial charge in [-0.25, -0.2) is 4.98 Å². The summed E-state index contributed by atoms with van der Waals surface area (Å²) in [7, 11) is 1.36. The van der Waals surface area contributed by atoms with Gasteiger partial charge >= 0.3 is 5.97 Å². The van der Waals surface area contributed by atoms with E-state index in [1.165, 1.54) is 29.3 Å². The summed E-state index contributed by atoms with van der Waals surface area (Å²) in [5, 5.41) is 1.36. The van der Waals surface area contributed by atoms with Crippen molar-refractivity contribution in [1.29, 1.82) is 0 Å². The fourth-order valence-corrected chi connectivity index (χ4v) is 5.65. The van der Waals surface area contributed by atoms with E-state index in [0.717, 1.165) is 48.9 Å². The smallest absolute Gasteiger partial charge is 0.316 e. The second kappa shape index (κ2) is 7.09. The summed E-state index contributed by atoms with van der Waals surface area (Å²) < 4.78 is 12.1. The fourth-order valence-electron chi connectivity index (χ4n) is 3.50. The van der Waals surface area contributed by atoms with E-state index < -0.39 is 0 Å². The average molecular weight is 380 g/mol. The lowest BCUT2D eigenvalue weighted by Crippen LogP contribution is -2.29. The Bertz CT molecular complexity index is 868. The summed E-state index contributed by atoms with van der Waals surface area (Å²) in [5.41, 5.74) is 1.19. The maximum atomic E-state index is 13.2. The summed E-state index contributed by atoms with van der Waals surface area (Å²) in [6, 6.07) is 0. The topological polar surface area (TPSA) is 70.4 Å². The summed E-state index contributed by atoms with van der Waals surface area (Å²) in [5.74, 6) is -0.179. The third kappa shape index (κ3) is 3.22. The molecule has 2 aliphatic rings. The minimum absolute atomic E-state index is 0.00673. The molecule has 1 atom stereocenters. The van der Waals surface area contributed by atoms with Crippen molar-refractivity contribution in [3.8, 4) is 0 Å². The van der Waals surface area contributed by atoms with Gasteiger partial charge in [-0.15, -0.1) is 11.3 Å². The van der Waals surface area contributed by atoms with Crippen molar-refractivity contribution in [3.05, 3.63) is 20.8 Å². The molecule has 0 radical (unpaired) electrons. The minimum Gasteiger partial charge on any atom is -0.468 e. The number of nitrogens with zero attached hydrogens (tertiary/aromatic N) is 2. The third-order valence-corrected chi connectivity index (χ3v) is 6.88. The molecule has 3 heterocycles. The van der Waals surface area contributed by atoms with Crippen molar-refractivity contribution < 1.29 is 14.3 Å². The van der Waals surface area contributed by atoms with Crippen LogP contribution in [0.15, 0.2) is 9.95 Å². The first-order valence-electron chi connectivity index (χ1n) is 8.53. The highest BCUT2D eigenvalue weighted by Gasteiger charge is 2.25. The first-order chi connectivity index (χ1) is 12.2. The lowest BCUT2D eigenvalue weighted by molar-refractivity contribution is -0.137. The number of thiophene rings is 1. The number of thioether (sulfide) groups is 1. The maximum Gasteiger partial charge on any atom is 0.316 e. The largest absolute Gasteiger partial charge is 0.468 e. The molecule has 0 saturated carbocycles. The Balaban J connectivity index is 1.77. The monoisotopic (exact) mass is 380 g/mol. The number of esters is 1. The highest BCUT2D eigenvalue weighted by Crippen LogP contribution is 2.35. The summed E-state index contributed by atoms with van der Waals surface area (Å²) in [6.45, 7) is 1.24. The normalized spacial score (nSPS) is 19.5. The SMILES string of the molecule is COC(=O)CSc1nc2sc3c(c2c(=O)n1C[C@H]1CCCO1)CCC3. The van der Waals surface area contributed by atoms with E-state index in [-0.39, 0.29) is 23.4 Å². The molecule has 0 bridgehead atoms. The quantitative estimate of drug-likeness (QED) is 0.451. The van der Waals surface area contributed by atoms with Crippen molar-refractivity contribution in [2.24, 2.45) is 0 Å². The zero-order chi connectivity index (χ0) is 17.4. The number of hydrogen-bond donors (Lipinski definition) is 0. The zero-order valence-electron chi connectivity index (χ0n) is 14.1. The van der Waals surface area contributed by atoms with Gasteiger partial charge in [-0.3, -0.25) is 14.2 Å². The van der Waals surface area contributed by atoms with E-state index in [0.29, 0.717) is 11.7 Å². The number of methoxy groups -OCH3 is 1. The van der Waals surface area contributed by atoms with E-state index >= 15 is 0 Å². The molecule has 0 N–H and O–H groups in total. The van der Waals surface area contributed by atoms with Crippen LogP contribution in [-0.2, 0) is 33.7 Å². The average Bonchev–Trinajstić information content (AvgIpc) is 3.32. The van der Waals surface area contributed by atoms with Crippen molar-refractivity contribution in [3.63, 3.8) is 0 Å². The van der Waals surface area contributed by atoms with E-state index in [1.807, 2.05) is 0 Å². The number of carbonyl (C=O) groups is 1. The number of hydrogen-bond acceptors (Lipinski definition) is 7. The van der Waals surface area contributed by atoms with Crippen LogP contribution in [0.5, 0.6) is 0 Å². The Morgan fingerprint density at radius 1 is 1.44 bits per heavy atom. The van der Waals surface area contributed by atoms with Crippen LogP contribution in [0.2, 0.25) is 0 Å². The van der Waals surface area contributed by atoms with Gasteiger partial charge in [0.1, 0.15) is 4.83 Å². The lowest BCUT2D eigenvalue weighted by Gasteiger charge is -2.15. The highest BCUT2D eigenvalue weighted by molar-refractivity contribution is 7.99. The van der Waals surface area contributed by atoms with Gasteiger partial charge in [0.2, 0.25) is 0 Å². The second-order valence-electron chi connectivity index (χ2n) is 6.35. The summed E-state index contributed by atoms with van der Waals surface area (Å²) in [6.07, 6.45) is 5.12. The molecular formula is C17H20N2O4S2. The van der Waals surface area contributed by atoms with Gasteiger partial charge < -0.3 is 9.47 Å². The molecule has 1 aliphatic heterocycles. The zero-order valence-corrected chi connectivity index (χ0v) is 15.7. The Morgan fingerprint density at radius 3 is 3.08 bits per heavy atom. The third-order valence-electron chi connectivity index (χ3n) is 4.75. The van der Waals surface area contributed by atoms with Crippen molar-refractivity contribution in [2.45, 2.75) is 49.9 Å². The van der Waals surface area contributed by atoms with Crippen molar-refractivity contribution in [1.82, 2.24) is 9.55 Å². The summed E-state index contributed by atoms with van der Waals surface area (Å²) in [4.78, 5) is 31.6. The lowest BCUT2D eigenvalue weighted by atomic mass is 10.2. The molecule has 1 saturated heterocycles. The number of fused-ring (bicyclic) bond motifs is 3. The molecule has 4 rings (SSSR count). The van der Waals surface area contributed by atoms with Crippen LogP contribution in [0, 0.1) is 0 Å². The molecule has 25 heavy (non-hydrogen) atoms. The van der Waals surface area contributed by atoms with Crippen LogP contribution >= 0.6 is 23.1 Å². The molecule has 8 heteroatoms. The van der Waals surface area contributed by atoms with Crippen LogP contribution < -0.4 is 5.56 Å². The van der Waals surface area contributed by atoms with Gasteiger partial charge in [-0.2, -0.15) is 0 Å². The van der Waals surface area contributed by atoms with Gasteiger partial charge in [0.15, 0.2) is 5.16 Å². The first-order valence-corrected chi connectivity index (χ1v) is 10.3. The molecule has 0 aromatic carbocycles. The van der Waals surface area contributed by atoms with Crippen molar-refractivity contribution in [2.75, 3.05) is 19.5 Å². The molecular weight excluding hydrogens is 360 g/mol. The molecule has 6 nitrogen and oxygen atoms in total. The predicted molar refractivity (Wildman–Crippen MR) is 97.6 cm³/mol. The van der Waals surface area contributed by atoms with Gasteiger partial charge in [-0.1, -0.05) is 11.8 Å². The van der Waals surface area contributed by atoms with Crippen LogP contribution in [0.3, 0.4) is 0 Å². The van der Waals surface area contributed by atoms with E-state index in [1.54, 1.807) is 15.9 Å². The Kier molecular flexibility index (Phi) is 4.84. The van der Waals surface area contributed by atoms with Crippen LogP contribution in [0.1, 0.15) is 29.7 Å². The van der Waals surface area contributed by atoms with Crippen LogP contribution in [0.25, 0.3) is 10.2 Å². The van der Waals surface area contributed by atoms with Gasteiger partial charge in [0.05, 0.1) is 30.9 Å². The summed E-state index contributed by atoms with van der Waals surface area (Å²) >= 11 is 2.88. The van der Waals surface area contributed by atoms with E-state index in [2.05, 4.69) is 0 Å². The van der Waals surface area contributed by atoms with E-state index in [9.17, 15) is 9.59 Å². The highest BCUT2D eigenvalue weighted by atomic mass is 32.2. The van der Waals surface area contributed by atoms with Gasteiger partial charge in [-0.05, 0) is 37.7 Å². The van der Waals surface area contributed by atoms with Crippen molar-refractivity contribution >= 4 is 39.3 Å². The molecule has 0 unspecified atom stereocenters. The first kappa shape index (κ1) is 17.1. The number of aromatic nitrogens is 2. The standard InChI is InChI=1S/C17H20N2O4S2/c1-22-13(20)9-24-17-18-15-14(11-5-2-6-12(11)25-15)16(21)19(17)8-10-4-3-7-23-10/h10H,2-9H2,1H3/t10-/m1/s1. The molecule has 0 amide bonds. The molecule has 0 spiro atoms. The maximum absolute atomic E-state index is 13.2. The Hall–Kier alpha value is -1.38.